The zero-order valence-corrected chi connectivity index (χ0v) is 12.7. The molecule has 1 aromatic rings. The highest BCUT2D eigenvalue weighted by Crippen LogP contribution is 2.27. The van der Waals surface area contributed by atoms with Crippen molar-refractivity contribution in [2.24, 2.45) is 11.7 Å². The molecule has 1 aromatic carbocycles. The lowest BCUT2D eigenvalue weighted by Gasteiger charge is -2.21. The molecule has 3 N–H and O–H groups in total. The summed E-state index contributed by atoms with van der Waals surface area (Å²) in [6, 6.07) is 8.24. The molecule has 0 aliphatic rings. The molecule has 4 nitrogen and oxygen atoms in total. The Kier molecular flexibility index (Phi) is 7.09. The lowest BCUT2D eigenvalue weighted by Crippen LogP contribution is -2.26. The molecule has 4 heteroatoms. The molecule has 0 aliphatic heterocycles. The average Bonchev–Trinajstić information content (AvgIpc) is 2.46. The molecule has 112 valence electrons. The van der Waals surface area contributed by atoms with Gasteiger partial charge in [0.15, 0.2) is 0 Å². The Morgan fingerprint density at radius 3 is 2.65 bits per heavy atom. The van der Waals surface area contributed by atoms with E-state index in [4.69, 9.17) is 10.5 Å². The van der Waals surface area contributed by atoms with E-state index in [2.05, 4.69) is 25.2 Å². The Labute approximate surface area is 121 Å². The van der Waals surface area contributed by atoms with Crippen LogP contribution in [0.15, 0.2) is 24.3 Å². The van der Waals surface area contributed by atoms with Gasteiger partial charge in [0.2, 0.25) is 5.91 Å². The number of hydrogen-bond donors (Lipinski definition) is 2. The zero-order chi connectivity index (χ0) is 15.0. The number of rotatable bonds is 9. The lowest BCUT2D eigenvalue weighted by molar-refractivity contribution is -0.122. The number of hydrogen-bond acceptors (Lipinski definition) is 3. The average molecular weight is 278 g/mol. The summed E-state index contributed by atoms with van der Waals surface area (Å²) in [6.07, 6.45) is 2.09. The Morgan fingerprint density at radius 2 is 2.05 bits per heavy atom. The molecule has 0 bridgehead atoms. The molecule has 0 heterocycles. The van der Waals surface area contributed by atoms with Gasteiger partial charge in [0.05, 0.1) is 12.5 Å². The van der Waals surface area contributed by atoms with E-state index in [9.17, 15) is 4.79 Å². The summed E-state index contributed by atoms with van der Waals surface area (Å²) in [5, 5.41) is 3.51. The molecule has 0 saturated heterocycles. The topological polar surface area (TPSA) is 64.3 Å². The van der Waals surface area contributed by atoms with Crippen LogP contribution in [0.1, 0.15) is 45.2 Å². The monoisotopic (exact) mass is 278 g/mol. The first kappa shape index (κ1) is 16.5. The van der Waals surface area contributed by atoms with Crippen molar-refractivity contribution in [2.75, 3.05) is 13.2 Å². The highest BCUT2D eigenvalue weighted by Gasteiger charge is 2.15. The molecule has 1 rings (SSSR count). The Hall–Kier alpha value is -1.55. The van der Waals surface area contributed by atoms with E-state index in [1.165, 1.54) is 0 Å². The van der Waals surface area contributed by atoms with Crippen LogP contribution in [0.3, 0.4) is 0 Å². The van der Waals surface area contributed by atoms with Crippen LogP contribution >= 0.6 is 0 Å². The van der Waals surface area contributed by atoms with Crippen molar-refractivity contribution in [3.63, 3.8) is 0 Å². The summed E-state index contributed by atoms with van der Waals surface area (Å²) in [7, 11) is 0. The number of para-hydroxylation sites is 1. The van der Waals surface area contributed by atoms with E-state index >= 15 is 0 Å². The van der Waals surface area contributed by atoms with Gasteiger partial charge in [0.1, 0.15) is 5.75 Å². The van der Waals surface area contributed by atoms with Crippen LogP contribution in [0.4, 0.5) is 0 Å². The van der Waals surface area contributed by atoms with Gasteiger partial charge in [-0.05, 0) is 25.5 Å². The highest BCUT2D eigenvalue weighted by molar-refractivity contribution is 5.76. The fourth-order valence-corrected chi connectivity index (χ4v) is 1.99. The van der Waals surface area contributed by atoms with Crippen LogP contribution in [0, 0.1) is 5.92 Å². The van der Waals surface area contributed by atoms with Crippen molar-refractivity contribution >= 4 is 5.91 Å². The number of ether oxygens (including phenoxy) is 1. The minimum atomic E-state index is -0.335. The van der Waals surface area contributed by atoms with Crippen molar-refractivity contribution in [3.8, 4) is 5.75 Å². The number of nitrogens with one attached hydrogen (secondary N) is 1. The number of carbonyl (C=O) groups is 1. The van der Waals surface area contributed by atoms with Crippen molar-refractivity contribution in [1.29, 1.82) is 0 Å². The standard InChI is InChI=1S/C16H26N2O2/c1-4-10-18-14(5-2)13-8-6-7-9-15(13)20-11-12(3)16(17)19/h6-9,12,14,18H,4-5,10-11H2,1-3H3,(H2,17,19). The van der Waals surface area contributed by atoms with E-state index in [0.717, 1.165) is 30.7 Å². The SMILES string of the molecule is CCCNC(CC)c1ccccc1OCC(C)C(N)=O. The molecule has 2 unspecified atom stereocenters. The smallest absolute Gasteiger partial charge is 0.223 e. The molecule has 2 atom stereocenters. The number of carbonyl (C=O) groups excluding carboxylic acids is 1. The Bertz CT molecular complexity index is 421. The van der Waals surface area contributed by atoms with Gasteiger partial charge in [-0.25, -0.2) is 0 Å². The lowest BCUT2D eigenvalue weighted by atomic mass is 10.0. The third-order valence-corrected chi connectivity index (χ3v) is 3.32. The first-order valence-electron chi connectivity index (χ1n) is 7.34. The molecule has 1 amide bonds. The predicted octanol–water partition coefficient (Wildman–Crippen LogP) is 2.64. The molecule has 0 aliphatic carbocycles. The quantitative estimate of drug-likeness (QED) is 0.730. The van der Waals surface area contributed by atoms with Crippen LogP contribution < -0.4 is 15.8 Å². The first-order chi connectivity index (χ1) is 9.60. The molecule has 0 saturated carbocycles. The summed E-state index contributed by atoms with van der Waals surface area (Å²) in [5.74, 6) is 0.210. The third kappa shape index (κ3) is 4.85. The normalized spacial score (nSPS) is 13.8. The van der Waals surface area contributed by atoms with Crippen LogP contribution in [0.2, 0.25) is 0 Å². The van der Waals surface area contributed by atoms with E-state index in [0.29, 0.717) is 6.61 Å². The number of nitrogens with two attached hydrogens (primary N) is 1. The van der Waals surface area contributed by atoms with Gasteiger partial charge in [-0.3, -0.25) is 4.79 Å². The number of primary amides is 1. The van der Waals surface area contributed by atoms with Gasteiger partial charge in [0.25, 0.3) is 0 Å². The number of benzene rings is 1. The van der Waals surface area contributed by atoms with E-state index in [1.54, 1.807) is 6.92 Å². The van der Waals surface area contributed by atoms with Gasteiger partial charge in [-0.15, -0.1) is 0 Å². The maximum Gasteiger partial charge on any atom is 0.223 e. The van der Waals surface area contributed by atoms with Gasteiger partial charge < -0.3 is 15.8 Å². The second-order valence-corrected chi connectivity index (χ2v) is 5.07. The first-order valence-corrected chi connectivity index (χ1v) is 7.34. The maximum atomic E-state index is 11.1. The molecule has 0 fully saturated rings. The van der Waals surface area contributed by atoms with Gasteiger partial charge in [-0.2, -0.15) is 0 Å². The molecular weight excluding hydrogens is 252 g/mol. The fraction of sp³-hybridized carbons (Fsp3) is 0.562. The van der Waals surface area contributed by atoms with Crippen molar-refractivity contribution in [1.82, 2.24) is 5.32 Å². The highest BCUT2D eigenvalue weighted by atomic mass is 16.5. The summed E-state index contributed by atoms with van der Waals surface area (Å²) in [6.45, 7) is 7.37. The largest absolute Gasteiger partial charge is 0.492 e. The van der Waals surface area contributed by atoms with Gasteiger partial charge in [-0.1, -0.05) is 39.0 Å². The molecule has 0 spiro atoms. The minimum Gasteiger partial charge on any atom is -0.492 e. The van der Waals surface area contributed by atoms with Gasteiger partial charge >= 0.3 is 0 Å². The summed E-state index contributed by atoms with van der Waals surface area (Å²) >= 11 is 0. The fourth-order valence-electron chi connectivity index (χ4n) is 1.99. The van der Waals surface area contributed by atoms with Crippen LogP contribution in [-0.4, -0.2) is 19.1 Å². The van der Waals surface area contributed by atoms with E-state index < -0.39 is 0 Å². The van der Waals surface area contributed by atoms with Crippen molar-refractivity contribution in [2.45, 2.75) is 39.7 Å². The molecule has 20 heavy (non-hydrogen) atoms. The summed E-state index contributed by atoms with van der Waals surface area (Å²) in [4.78, 5) is 11.1. The van der Waals surface area contributed by atoms with Crippen LogP contribution in [0.5, 0.6) is 5.75 Å². The maximum absolute atomic E-state index is 11.1. The van der Waals surface area contributed by atoms with E-state index in [-0.39, 0.29) is 17.9 Å². The molecule has 0 aromatic heterocycles. The Morgan fingerprint density at radius 1 is 1.35 bits per heavy atom. The minimum absolute atomic E-state index is 0.273. The van der Waals surface area contributed by atoms with Crippen molar-refractivity contribution in [3.05, 3.63) is 29.8 Å². The van der Waals surface area contributed by atoms with Crippen LogP contribution in [-0.2, 0) is 4.79 Å². The second kappa shape index (κ2) is 8.59. The molecule has 0 radical (unpaired) electrons. The Balaban J connectivity index is 2.78. The summed E-state index contributed by atoms with van der Waals surface area (Å²) in [5.41, 5.74) is 6.40. The third-order valence-electron chi connectivity index (χ3n) is 3.32. The second-order valence-electron chi connectivity index (χ2n) is 5.07. The van der Waals surface area contributed by atoms with Crippen molar-refractivity contribution < 1.29 is 9.53 Å². The predicted molar refractivity (Wildman–Crippen MR) is 81.6 cm³/mol. The number of amides is 1. The van der Waals surface area contributed by atoms with Gasteiger partial charge in [0, 0.05) is 11.6 Å². The zero-order valence-electron chi connectivity index (χ0n) is 12.7. The van der Waals surface area contributed by atoms with E-state index in [1.807, 2.05) is 18.2 Å². The summed E-state index contributed by atoms with van der Waals surface area (Å²) < 4.78 is 5.78. The van der Waals surface area contributed by atoms with Crippen LogP contribution in [0.25, 0.3) is 0 Å². The molecular formula is C16H26N2O2.